The van der Waals surface area contributed by atoms with Crippen LogP contribution in [-0.2, 0) is 5.41 Å². The topological polar surface area (TPSA) is 38.9 Å². The van der Waals surface area contributed by atoms with E-state index in [2.05, 4.69) is 4.98 Å². The Morgan fingerprint density at radius 2 is 1.82 bits per heavy atom. The van der Waals surface area contributed by atoms with Gasteiger partial charge in [0.25, 0.3) is 0 Å². The van der Waals surface area contributed by atoms with Gasteiger partial charge in [0.15, 0.2) is 0 Å². The lowest BCUT2D eigenvalue weighted by Crippen LogP contribution is -2.42. The first-order valence-corrected chi connectivity index (χ1v) is 5.67. The molecule has 1 aromatic heterocycles. The molecule has 0 atom stereocenters. The van der Waals surface area contributed by atoms with Gasteiger partial charge in [0.1, 0.15) is 0 Å². The molecule has 2 nitrogen and oxygen atoms in total. The van der Waals surface area contributed by atoms with Gasteiger partial charge in [0, 0.05) is 31.0 Å². The van der Waals surface area contributed by atoms with Crippen molar-refractivity contribution in [1.29, 1.82) is 0 Å². The van der Waals surface area contributed by atoms with Crippen molar-refractivity contribution < 1.29 is 13.2 Å². The van der Waals surface area contributed by atoms with E-state index in [0.717, 1.165) is 5.56 Å². The van der Waals surface area contributed by atoms with Gasteiger partial charge in [-0.2, -0.15) is 4.39 Å². The fourth-order valence-corrected chi connectivity index (χ4v) is 2.39. The van der Waals surface area contributed by atoms with Crippen LogP contribution in [0.2, 0.25) is 0 Å². The molecule has 0 spiro atoms. The molecule has 1 fully saturated rings. The summed E-state index contributed by atoms with van der Waals surface area (Å²) in [6, 6.07) is 2.85. The molecule has 1 saturated carbocycles. The average Bonchev–Trinajstić information content (AvgIpc) is 2.31. The normalized spacial score (nSPS) is 22.4. The highest BCUT2D eigenvalue weighted by atomic mass is 19.3. The largest absolute Gasteiger partial charge is 0.330 e. The van der Waals surface area contributed by atoms with Crippen molar-refractivity contribution in [2.75, 3.05) is 6.54 Å². The Morgan fingerprint density at radius 1 is 1.18 bits per heavy atom. The van der Waals surface area contributed by atoms with Gasteiger partial charge in [0.05, 0.1) is 0 Å². The van der Waals surface area contributed by atoms with E-state index < -0.39 is 17.3 Å². The number of hydrogen-bond donors (Lipinski definition) is 1. The lowest BCUT2D eigenvalue weighted by atomic mass is 9.69. The summed E-state index contributed by atoms with van der Waals surface area (Å²) in [7, 11) is 0. The molecule has 0 bridgehead atoms. The fraction of sp³-hybridized carbons (Fsp3) is 0.583. The molecule has 0 saturated heterocycles. The minimum Gasteiger partial charge on any atom is -0.330 e. The second-order valence-electron chi connectivity index (χ2n) is 4.71. The van der Waals surface area contributed by atoms with Crippen LogP contribution in [0.3, 0.4) is 0 Å². The first-order chi connectivity index (χ1) is 7.97. The molecule has 2 rings (SSSR count). The Labute approximate surface area is 98.0 Å². The molecule has 0 amide bonds. The van der Waals surface area contributed by atoms with E-state index in [1.54, 1.807) is 6.07 Å². The van der Waals surface area contributed by atoms with Gasteiger partial charge in [0.2, 0.25) is 11.9 Å². The number of alkyl halides is 2. The number of aromatic nitrogens is 1. The van der Waals surface area contributed by atoms with Crippen molar-refractivity contribution in [3.05, 3.63) is 29.8 Å². The molecule has 1 aromatic rings. The zero-order valence-corrected chi connectivity index (χ0v) is 9.43. The van der Waals surface area contributed by atoms with E-state index in [4.69, 9.17) is 5.73 Å². The Kier molecular flexibility index (Phi) is 3.12. The predicted octanol–water partition coefficient (Wildman–Crippen LogP) is 2.63. The van der Waals surface area contributed by atoms with Gasteiger partial charge < -0.3 is 5.73 Å². The maximum atomic E-state index is 13.1. The molecule has 94 valence electrons. The summed E-state index contributed by atoms with van der Waals surface area (Å²) >= 11 is 0. The second kappa shape index (κ2) is 4.29. The lowest BCUT2D eigenvalue weighted by molar-refractivity contribution is -0.0509. The van der Waals surface area contributed by atoms with Crippen LogP contribution in [0, 0.1) is 5.95 Å². The predicted molar refractivity (Wildman–Crippen MR) is 58.3 cm³/mol. The first kappa shape index (κ1) is 12.4. The van der Waals surface area contributed by atoms with Crippen LogP contribution < -0.4 is 5.73 Å². The maximum absolute atomic E-state index is 13.1. The standard InChI is InChI=1S/C12H15F3N2/c13-10-2-1-9(7-17-10)11(8-16)3-5-12(14,15)6-4-11/h1-2,7H,3-6,8,16H2. The average molecular weight is 244 g/mol. The zero-order chi connectivity index (χ0) is 12.5. The van der Waals surface area contributed by atoms with E-state index >= 15 is 0 Å². The number of pyridine rings is 1. The highest BCUT2D eigenvalue weighted by molar-refractivity contribution is 5.24. The number of nitrogens with two attached hydrogens (primary N) is 1. The van der Waals surface area contributed by atoms with Gasteiger partial charge in [-0.3, -0.25) is 0 Å². The van der Waals surface area contributed by atoms with Crippen LogP contribution in [-0.4, -0.2) is 17.5 Å². The van der Waals surface area contributed by atoms with E-state index in [-0.39, 0.29) is 19.4 Å². The number of nitrogens with zero attached hydrogens (tertiary/aromatic N) is 1. The highest BCUT2D eigenvalue weighted by Crippen LogP contribution is 2.44. The van der Waals surface area contributed by atoms with Crippen LogP contribution in [0.15, 0.2) is 18.3 Å². The molecular formula is C12H15F3N2. The molecule has 0 aromatic carbocycles. The third-order valence-electron chi connectivity index (χ3n) is 3.67. The van der Waals surface area contributed by atoms with E-state index in [1.807, 2.05) is 0 Å². The SMILES string of the molecule is NCC1(c2ccc(F)nc2)CCC(F)(F)CC1. The fourth-order valence-electron chi connectivity index (χ4n) is 2.39. The molecule has 2 N–H and O–H groups in total. The molecule has 0 radical (unpaired) electrons. The van der Waals surface area contributed by atoms with Crippen molar-refractivity contribution >= 4 is 0 Å². The number of halogens is 3. The van der Waals surface area contributed by atoms with Crippen LogP contribution in [0.25, 0.3) is 0 Å². The monoisotopic (exact) mass is 244 g/mol. The zero-order valence-electron chi connectivity index (χ0n) is 9.43. The molecule has 1 aliphatic carbocycles. The van der Waals surface area contributed by atoms with Crippen molar-refractivity contribution in [3.8, 4) is 0 Å². The van der Waals surface area contributed by atoms with Gasteiger partial charge in [-0.25, -0.2) is 13.8 Å². The Hall–Kier alpha value is -1.10. The highest BCUT2D eigenvalue weighted by Gasteiger charge is 2.43. The summed E-state index contributed by atoms with van der Waals surface area (Å²) in [6.45, 7) is 0.288. The minimum absolute atomic E-state index is 0.165. The molecule has 1 heterocycles. The first-order valence-electron chi connectivity index (χ1n) is 5.67. The molecule has 1 aliphatic rings. The Balaban J connectivity index is 2.24. The maximum Gasteiger partial charge on any atom is 0.248 e. The smallest absolute Gasteiger partial charge is 0.248 e. The van der Waals surface area contributed by atoms with Crippen molar-refractivity contribution in [1.82, 2.24) is 4.98 Å². The van der Waals surface area contributed by atoms with Crippen LogP contribution in [0.1, 0.15) is 31.2 Å². The van der Waals surface area contributed by atoms with Crippen LogP contribution >= 0.6 is 0 Å². The Bertz CT molecular complexity index is 379. The third kappa shape index (κ3) is 2.44. The van der Waals surface area contributed by atoms with Crippen molar-refractivity contribution in [2.45, 2.75) is 37.0 Å². The Morgan fingerprint density at radius 3 is 2.29 bits per heavy atom. The van der Waals surface area contributed by atoms with Crippen LogP contribution in [0.5, 0.6) is 0 Å². The quantitative estimate of drug-likeness (QED) is 0.812. The summed E-state index contributed by atoms with van der Waals surface area (Å²) < 4.78 is 39.0. The van der Waals surface area contributed by atoms with E-state index in [0.29, 0.717) is 12.8 Å². The minimum atomic E-state index is -2.59. The molecule has 0 aliphatic heterocycles. The lowest BCUT2D eigenvalue weighted by Gasteiger charge is -2.39. The van der Waals surface area contributed by atoms with Gasteiger partial charge >= 0.3 is 0 Å². The van der Waals surface area contributed by atoms with Gasteiger partial charge in [-0.15, -0.1) is 0 Å². The molecular weight excluding hydrogens is 229 g/mol. The van der Waals surface area contributed by atoms with Gasteiger partial charge in [-0.1, -0.05) is 6.07 Å². The summed E-state index contributed by atoms with van der Waals surface area (Å²) in [4.78, 5) is 3.57. The van der Waals surface area contributed by atoms with E-state index in [9.17, 15) is 13.2 Å². The van der Waals surface area contributed by atoms with Gasteiger partial charge in [-0.05, 0) is 24.5 Å². The van der Waals surface area contributed by atoms with Crippen molar-refractivity contribution in [3.63, 3.8) is 0 Å². The van der Waals surface area contributed by atoms with Crippen molar-refractivity contribution in [2.24, 2.45) is 5.73 Å². The molecule has 5 heteroatoms. The summed E-state index contributed by atoms with van der Waals surface area (Å²) in [5, 5.41) is 0. The number of hydrogen-bond acceptors (Lipinski definition) is 2. The summed E-state index contributed by atoms with van der Waals surface area (Å²) in [6.07, 6.45) is 1.72. The molecule has 0 unspecified atom stereocenters. The second-order valence-corrected chi connectivity index (χ2v) is 4.71. The summed E-state index contributed by atoms with van der Waals surface area (Å²) in [5.41, 5.74) is 6.02. The number of rotatable bonds is 2. The third-order valence-corrected chi connectivity index (χ3v) is 3.67. The van der Waals surface area contributed by atoms with Crippen LogP contribution in [0.4, 0.5) is 13.2 Å². The summed E-state index contributed by atoms with van der Waals surface area (Å²) in [5.74, 6) is -3.16. The van der Waals surface area contributed by atoms with E-state index in [1.165, 1.54) is 12.3 Å². The molecule has 17 heavy (non-hydrogen) atoms.